The Labute approximate surface area is 192 Å². The fourth-order valence-electron chi connectivity index (χ4n) is 3.76. The summed E-state index contributed by atoms with van der Waals surface area (Å²) in [5.74, 6) is 1.19. The van der Waals surface area contributed by atoms with Gasteiger partial charge in [-0.05, 0) is 24.6 Å². The minimum atomic E-state index is 0.141. The summed E-state index contributed by atoms with van der Waals surface area (Å²) in [6.07, 6.45) is 0. The van der Waals surface area contributed by atoms with Crippen LogP contribution >= 0.6 is 23.4 Å². The van der Waals surface area contributed by atoms with E-state index in [1.165, 1.54) is 22.9 Å². The fraction of sp³-hybridized carbons (Fsp3) is 0.348. The Balaban J connectivity index is 1.29. The predicted molar refractivity (Wildman–Crippen MR) is 125 cm³/mol. The maximum atomic E-state index is 12.7. The first-order chi connectivity index (χ1) is 15.0. The van der Waals surface area contributed by atoms with Crippen molar-refractivity contribution < 1.29 is 4.79 Å². The van der Waals surface area contributed by atoms with Gasteiger partial charge in [0.05, 0.1) is 10.8 Å². The van der Waals surface area contributed by atoms with Crippen molar-refractivity contribution in [3.05, 3.63) is 64.7 Å². The van der Waals surface area contributed by atoms with Gasteiger partial charge in [0.15, 0.2) is 11.0 Å². The molecule has 1 fully saturated rings. The average Bonchev–Trinajstić information content (AvgIpc) is 3.13. The van der Waals surface area contributed by atoms with Crippen LogP contribution in [0.4, 0.5) is 0 Å². The monoisotopic (exact) mass is 455 g/mol. The zero-order chi connectivity index (χ0) is 21.8. The van der Waals surface area contributed by atoms with Crippen molar-refractivity contribution >= 4 is 29.3 Å². The molecule has 0 saturated carbocycles. The Bertz CT molecular complexity index is 1060. The number of hydrogen-bond acceptors (Lipinski definition) is 5. The maximum absolute atomic E-state index is 12.7. The van der Waals surface area contributed by atoms with Gasteiger partial charge in [0.1, 0.15) is 0 Å². The molecule has 6 nitrogen and oxygen atoms in total. The number of aryl methyl sites for hydroxylation is 1. The van der Waals surface area contributed by atoms with Crippen LogP contribution < -0.4 is 0 Å². The van der Waals surface area contributed by atoms with Gasteiger partial charge in [-0.2, -0.15) is 0 Å². The molecule has 2 heterocycles. The summed E-state index contributed by atoms with van der Waals surface area (Å²) in [7, 11) is 1.90. The molecule has 0 N–H and O–H groups in total. The predicted octanol–water partition coefficient (Wildman–Crippen LogP) is 3.88. The zero-order valence-corrected chi connectivity index (χ0v) is 19.4. The summed E-state index contributed by atoms with van der Waals surface area (Å²) in [6, 6.07) is 16.2. The van der Waals surface area contributed by atoms with Crippen LogP contribution in [0.3, 0.4) is 0 Å². The second kappa shape index (κ2) is 9.85. The molecule has 8 heteroatoms. The third kappa shape index (κ3) is 5.29. The number of carbonyl (C=O) groups excluding carboxylic acids is 1. The quantitative estimate of drug-likeness (QED) is 0.528. The van der Waals surface area contributed by atoms with Crippen LogP contribution in [0.15, 0.2) is 53.7 Å². The molecule has 162 valence electrons. The van der Waals surface area contributed by atoms with E-state index >= 15 is 0 Å². The standard InChI is InChI=1S/C23H26ClN5OS/c1-17-6-5-7-18(14-17)15-28-10-12-29(13-11-28)21(30)16-31-23-26-25-22(27(23)2)19-8-3-4-9-20(19)24/h3-9,14H,10-13,15-16H2,1-2H3. The third-order valence-corrected chi connectivity index (χ3v) is 6.82. The van der Waals surface area contributed by atoms with E-state index in [-0.39, 0.29) is 5.91 Å². The molecule has 31 heavy (non-hydrogen) atoms. The third-order valence-electron chi connectivity index (χ3n) is 5.49. The highest BCUT2D eigenvalue weighted by atomic mass is 35.5. The van der Waals surface area contributed by atoms with Crippen LogP contribution in [0.25, 0.3) is 11.4 Å². The number of amides is 1. The second-order valence-corrected chi connectivity index (χ2v) is 9.13. The Morgan fingerprint density at radius 1 is 1.06 bits per heavy atom. The van der Waals surface area contributed by atoms with Gasteiger partial charge < -0.3 is 9.47 Å². The number of hydrogen-bond donors (Lipinski definition) is 0. The van der Waals surface area contributed by atoms with E-state index in [1.807, 2.05) is 40.8 Å². The van der Waals surface area contributed by atoms with Gasteiger partial charge in [-0.25, -0.2) is 0 Å². The van der Waals surface area contributed by atoms with Crippen molar-refractivity contribution in [2.24, 2.45) is 7.05 Å². The van der Waals surface area contributed by atoms with Crippen LogP contribution in [0.5, 0.6) is 0 Å². The summed E-state index contributed by atoms with van der Waals surface area (Å²) in [5.41, 5.74) is 3.44. The van der Waals surface area contributed by atoms with Crippen LogP contribution in [-0.4, -0.2) is 62.4 Å². The number of nitrogens with zero attached hydrogens (tertiary/aromatic N) is 5. The van der Waals surface area contributed by atoms with Crippen LogP contribution in [0, 0.1) is 6.92 Å². The molecule has 2 aromatic carbocycles. The lowest BCUT2D eigenvalue weighted by Crippen LogP contribution is -2.48. The van der Waals surface area contributed by atoms with Gasteiger partial charge in [0.25, 0.3) is 0 Å². The van der Waals surface area contributed by atoms with E-state index in [2.05, 4.69) is 46.3 Å². The summed E-state index contributed by atoms with van der Waals surface area (Å²) < 4.78 is 1.89. The van der Waals surface area contributed by atoms with Crippen LogP contribution in [-0.2, 0) is 18.4 Å². The molecule has 1 aliphatic heterocycles. The molecule has 1 aromatic heterocycles. The number of thioether (sulfide) groups is 1. The topological polar surface area (TPSA) is 54.3 Å². The zero-order valence-electron chi connectivity index (χ0n) is 17.8. The summed E-state index contributed by atoms with van der Waals surface area (Å²) >= 11 is 7.70. The van der Waals surface area contributed by atoms with E-state index < -0.39 is 0 Å². The lowest BCUT2D eigenvalue weighted by atomic mass is 10.1. The van der Waals surface area contributed by atoms with Gasteiger partial charge in [-0.15, -0.1) is 10.2 Å². The number of rotatable bonds is 6. The summed E-state index contributed by atoms with van der Waals surface area (Å²) in [4.78, 5) is 17.1. The molecular weight excluding hydrogens is 430 g/mol. The van der Waals surface area contributed by atoms with E-state index in [0.717, 1.165) is 38.3 Å². The normalized spacial score (nSPS) is 14.7. The summed E-state index contributed by atoms with van der Waals surface area (Å²) in [5, 5.41) is 9.87. The molecule has 1 saturated heterocycles. The molecule has 0 bridgehead atoms. The number of halogens is 1. The number of carbonyl (C=O) groups is 1. The molecule has 1 aliphatic rings. The van der Waals surface area contributed by atoms with Gasteiger partial charge in [-0.3, -0.25) is 9.69 Å². The van der Waals surface area contributed by atoms with Crippen LogP contribution in [0.1, 0.15) is 11.1 Å². The van der Waals surface area contributed by atoms with Gasteiger partial charge in [-0.1, -0.05) is 65.3 Å². The van der Waals surface area contributed by atoms with Crippen molar-refractivity contribution in [1.82, 2.24) is 24.6 Å². The number of benzene rings is 2. The highest BCUT2D eigenvalue weighted by molar-refractivity contribution is 7.99. The van der Waals surface area contributed by atoms with Crippen molar-refractivity contribution in [2.45, 2.75) is 18.6 Å². The van der Waals surface area contributed by atoms with Crippen molar-refractivity contribution in [2.75, 3.05) is 31.9 Å². The summed E-state index contributed by atoms with van der Waals surface area (Å²) in [6.45, 7) is 6.36. The Morgan fingerprint density at radius 2 is 1.84 bits per heavy atom. The highest BCUT2D eigenvalue weighted by Gasteiger charge is 2.22. The first-order valence-corrected chi connectivity index (χ1v) is 11.7. The average molecular weight is 456 g/mol. The largest absolute Gasteiger partial charge is 0.339 e. The van der Waals surface area contributed by atoms with Gasteiger partial charge in [0, 0.05) is 45.3 Å². The first-order valence-electron chi connectivity index (χ1n) is 10.3. The van der Waals surface area contributed by atoms with E-state index in [4.69, 9.17) is 11.6 Å². The fourth-order valence-corrected chi connectivity index (χ4v) is 4.79. The SMILES string of the molecule is Cc1cccc(CN2CCN(C(=O)CSc3nnc(-c4ccccc4Cl)n3C)CC2)c1. The lowest BCUT2D eigenvalue weighted by Gasteiger charge is -2.34. The minimum Gasteiger partial charge on any atom is -0.339 e. The van der Waals surface area contributed by atoms with Crippen molar-refractivity contribution in [3.63, 3.8) is 0 Å². The molecule has 0 radical (unpaired) electrons. The van der Waals surface area contributed by atoms with E-state index in [1.54, 1.807) is 0 Å². The molecular formula is C23H26ClN5OS. The Hall–Kier alpha value is -2.35. The van der Waals surface area contributed by atoms with Gasteiger partial charge in [0.2, 0.25) is 5.91 Å². The molecule has 0 spiro atoms. The molecule has 3 aromatic rings. The lowest BCUT2D eigenvalue weighted by molar-refractivity contribution is -0.130. The smallest absolute Gasteiger partial charge is 0.233 e. The van der Waals surface area contributed by atoms with E-state index in [0.29, 0.717) is 21.8 Å². The molecule has 0 atom stereocenters. The minimum absolute atomic E-state index is 0.141. The van der Waals surface area contributed by atoms with Crippen LogP contribution in [0.2, 0.25) is 5.02 Å². The van der Waals surface area contributed by atoms with Gasteiger partial charge >= 0.3 is 0 Å². The highest BCUT2D eigenvalue weighted by Crippen LogP contribution is 2.28. The number of aromatic nitrogens is 3. The van der Waals surface area contributed by atoms with Crippen molar-refractivity contribution in [1.29, 1.82) is 0 Å². The van der Waals surface area contributed by atoms with Crippen molar-refractivity contribution in [3.8, 4) is 11.4 Å². The first kappa shape index (κ1) is 21.9. The Kier molecular flexibility index (Phi) is 6.95. The molecule has 4 rings (SSSR count). The second-order valence-electron chi connectivity index (χ2n) is 7.78. The molecule has 1 amide bonds. The number of piperazine rings is 1. The maximum Gasteiger partial charge on any atom is 0.233 e. The Morgan fingerprint density at radius 3 is 2.58 bits per heavy atom. The molecule has 0 unspecified atom stereocenters. The van der Waals surface area contributed by atoms with E-state index in [9.17, 15) is 4.79 Å². The molecule has 0 aliphatic carbocycles.